The molecule has 10 rings (SSSR count). The molecule has 3 heterocycles. The number of pyridine rings is 1. The van der Waals surface area contributed by atoms with Crippen LogP contribution in [0, 0.1) is 0 Å². The summed E-state index contributed by atoms with van der Waals surface area (Å²) < 4.78 is 6.78. The third-order valence-electron chi connectivity index (χ3n) is 9.53. The first-order chi connectivity index (χ1) is 25.3. The third-order valence-corrected chi connectivity index (χ3v) is 9.53. The first kappa shape index (κ1) is 29.0. The molecule has 0 spiro atoms. The fourth-order valence-electron chi connectivity index (χ4n) is 7.11. The molecule has 0 N–H and O–H groups in total. The van der Waals surface area contributed by atoms with Crippen LogP contribution >= 0.6 is 0 Å². The van der Waals surface area contributed by atoms with Crippen LogP contribution in [0.25, 0.3) is 100 Å². The highest BCUT2D eigenvalue weighted by atomic mass is 16.3. The Labute approximate surface area is 293 Å². The minimum atomic E-state index is 0.552. The van der Waals surface area contributed by atoms with Gasteiger partial charge in [0, 0.05) is 43.6 Å². The van der Waals surface area contributed by atoms with E-state index in [-0.39, 0.29) is 0 Å². The fraction of sp³-hybridized carbons (Fsp3) is 0. The number of nitrogens with zero attached hydrogens (tertiary/aromatic N) is 4. The molecular formula is C46H28N4O. The average molecular weight is 653 g/mol. The lowest BCUT2D eigenvalue weighted by molar-refractivity contribution is 0.670. The number of benzene rings is 7. The van der Waals surface area contributed by atoms with Crippen LogP contribution in [0.4, 0.5) is 0 Å². The molecule has 0 saturated heterocycles. The Hall–Kier alpha value is -6.98. The van der Waals surface area contributed by atoms with Crippen molar-refractivity contribution < 1.29 is 4.42 Å². The smallest absolute Gasteiger partial charge is 0.167 e. The highest BCUT2D eigenvalue weighted by Gasteiger charge is 2.21. The number of para-hydroxylation sites is 2. The van der Waals surface area contributed by atoms with E-state index in [0.717, 1.165) is 82.7 Å². The quantitative estimate of drug-likeness (QED) is 0.173. The zero-order valence-electron chi connectivity index (χ0n) is 27.4. The van der Waals surface area contributed by atoms with Crippen molar-refractivity contribution in [3.8, 4) is 56.5 Å². The van der Waals surface area contributed by atoms with Crippen molar-refractivity contribution >= 4 is 43.6 Å². The Balaban J connectivity index is 1.21. The molecule has 0 amide bonds. The van der Waals surface area contributed by atoms with Gasteiger partial charge in [-0.25, -0.2) is 19.9 Å². The minimum absolute atomic E-state index is 0.552. The first-order valence-corrected chi connectivity index (χ1v) is 17.0. The Morgan fingerprint density at radius 1 is 0.333 bits per heavy atom. The van der Waals surface area contributed by atoms with Crippen LogP contribution in [0.1, 0.15) is 0 Å². The zero-order chi connectivity index (χ0) is 33.7. The zero-order valence-corrected chi connectivity index (χ0v) is 27.4. The summed E-state index contributed by atoms with van der Waals surface area (Å²) in [6.45, 7) is 0. The van der Waals surface area contributed by atoms with E-state index in [1.807, 2.05) is 54.6 Å². The molecule has 238 valence electrons. The Bertz CT molecular complexity index is 2890. The van der Waals surface area contributed by atoms with Gasteiger partial charge in [-0.15, -0.1) is 0 Å². The van der Waals surface area contributed by atoms with Crippen LogP contribution in [0.3, 0.4) is 0 Å². The van der Waals surface area contributed by atoms with Crippen LogP contribution in [0.2, 0.25) is 0 Å². The lowest BCUT2D eigenvalue weighted by Gasteiger charge is -2.11. The van der Waals surface area contributed by atoms with E-state index in [2.05, 4.69) is 115 Å². The van der Waals surface area contributed by atoms with Gasteiger partial charge < -0.3 is 4.42 Å². The summed E-state index contributed by atoms with van der Waals surface area (Å²) in [5.74, 6) is 1.75. The molecule has 0 atom stereocenters. The van der Waals surface area contributed by atoms with E-state index in [9.17, 15) is 0 Å². The van der Waals surface area contributed by atoms with Gasteiger partial charge in [0.1, 0.15) is 11.2 Å². The second kappa shape index (κ2) is 11.9. The van der Waals surface area contributed by atoms with Gasteiger partial charge in [0.25, 0.3) is 0 Å². The van der Waals surface area contributed by atoms with Gasteiger partial charge >= 0.3 is 0 Å². The SMILES string of the molecule is c1ccc(-c2ccc(-c3nc(-c4ccccc4)nc(-c4cccc5c4oc4ccc6c(-c7ccccc7)nc7ccccc7c6c45)n3)cc2)cc1. The van der Waals surface area contributed by atoms with Crippen molar-refractivity contribution in [3.05, 3.63) is 170 Å². The number of furan rings is 1. The topological polar surface area (TPSA) is 64.7 Å². The van der Waals surface area contributed by atoms with Gasteiger partial charge in [-0.2, -0.15) is 0 Å². The van der Waals surface area contributed by atoms with Gasteiger partial charge in [-0.3, -0.25) is 0 Å². The van der Waals surface area contributed by atoms with Gasteiger partial charge in [0.15, 0.2) is 17.5 Å². The summed E-state index contributed by atoms with van der Waals surface area (Å²) in [7, 11) is 0. The van der Waals surface area contributed by atoms with E-state index in [1.54, 1.807) is 0 Å². The molecule has 5 nitrogen and oxygen atoms in total. The largest absolute Gasteiger partial charge is 0.455 e. The van der Waals surface area contributed by atoms with Crippen molar-refractivity contribution in [1.82, 2.24) is 19.9 Å². The van der Waals surface area contributed by atoms with Crippen molar-refractivity contribution in [3.63, 3.8) is 0 Å². The fourth-order valence-corrected chi connectivity index (χ4v) is 7.11. The van der Waals surface area contributed by atoms with Gasteiger partial charge in [0.05, 0.1) is 16.8 Å². The van der Waals surface area contributed by atoms with Crippen LogP contribution in [0.5, 0.6) is 0 Å². The second-order valence-corrected chi connectivity index (χ2v) is 12.6. The van der Waals surface area contributed by atoms with E-state index in [1.165, 1.54) is 0 Å². The molecule has 7 aromatic carbocycles. The molecule has 5 heteroatoms. The maximum Gasteiger partial charge on any atom is 0.167 e. The number of rotatable bonds is 5. The Morgan fingerprint density at radius 3 is 1.61 bits per heavy atom. The molecule has 0 aliphatic carbocycles. The summed E-state index contributed by atoms with van der Waals surface area (Å²) >= 11 is 0. The minimum Gasteiger partial charge on any atom is -0.455 e. The Kier molecular flexibility index (Phi) is 6.74. The highest BCUT2D eigenvalue weighted by Crippen LogP contribution is 2.43. The molecule has 0 fully saturated rings. The molecule has 0 aliphatic heterocycles. The van der Waals surface area contributed by atoms with Crippen molar-refractivity contribution in [1.29, 1.82) is 0 Å². The van der Waals surface area contributed by atoms with E-state index < -0.39 is 0 Å². The Morgan fingerprint density at radius 2 is 0.882 bits per heavy atom. The number of aromatic nitrogens is 4. The van der Waals surface area contributed by atoms with Crippen LogP contribution in [-0.2, 0) is 0 Å². The van der Waals surface area contributed by atoms with Gasteiger partial charge in [-0.1, -0.05) is 146 Å². The van der Waals surface area contributed by atoms with Crippen molar-refractivity contribution in [2.24, 2.45) is 0 Å². The molecule has 51 heavy (non-hydrogen) atoms. The maximum atomic E-state index is 6.78. The molecular weight excluding hydrogens is 625 g/mol. The van der Waals surface area contributed by atoms with E-state index in [4.69, 9.17) is 24.4 Å². The number of hydrogen-bond donors (Lipinski definition) is 0. The lowest BCUT2D eigenvalue weighted by Crippen LogP contribution is -2.00. The molecule has 0 bridgehead atoms. The highest BCUT2D eigenvalue weighted by molar-refractivity contribution is 6.28. The maximum absolute atomic E-state index is 6.78. The lowest BCUT2D eigenvalue weighted by atomic mass is 9.96. The van der Waals surface area contributed by atoms with Gasteiger partial charge in [0.2, 0.25) is 0 Å². The molecule has 0 aliphatic rings. The molecule has 0 saturated carbocycles. The van der Waals surface area contributed by atoms with Crippen molar-refractivity contribution in [2.45, 2.75) is 0 Å². The molecule has 0 unspecified atom stereocenters. The predicted octanol–water partition coefficient (Wildman–Crippen LogP) is 11.8. The average Bonchev–Trinajstić information content (AvgIpc) is 3.61. The monoisotopic (exact) mass is 652 g/mol. The summed E-state index contributed by atoms with van der Waals surface area (Å²) in [6, 6.07) is 57.9. The standard InChI is InChI=1S/C46H28N4O/c1-4-13-29(14-5-1)30-23-25-33(26-24-30)45-48-44(32-17-8-3-9-18-32)49-46(50-45)37-21-12-20-36-41-39(51-43(36)37)28-27-35-40(41)34-19-10-11-22-38(34)47-42(35)31-15-6-2-7-16-31/h1-28H. The molecule has 0 radical (unpaired) electrons. The van der Waals surface area contributed by atoms with Crippen LogP contribution < -0.4 is 0 Å². The van der Waals surface area contributed by atoms with E-state index >= 15 is 0 Å². The molecule has 10 aromatic rings. The number of fused-ring (bicyclic) bond motifs is 7. The number of hydrogen-bond acceptors (Lipinski definition) is 5. The van der Waals surface area contributed by atoms with E-state index in [0.29, 0.717) is 17.5 Å². The van der Waals surface area contributed by atoms with Crippen molar-refractivity contribution in [2.75, 3.05) is 0 Å². The summed E-state index contributed by atoms with van der Waals surface area (Å²) in [6.07, 6.45) is 0. The van der Waals surface area contributed by atoms with Crippen LogP contribution in [-0.4, -0.2) is 19.9 Å². The second-order valence-electron chi connectivity index (χ2n) is 12.6. The van der Waals surface area contributed by atoms with Crippen LogP contribution in [0.15, 0.2) is 174 Å². The summed E-state index contributed by atoms with van der Waals surface area (Å²) in [4.78, 5) is 20.3. The summed E-state index contributed by atoms with van der Waals surface area (Å²) in [5.41, 5.74) is 9.42. The molecule has 3 aromatic heterocycles. The normalized spacial score (nSPS) is 11.5. The predicted molar refractivity (Wildman–Crippen MR) is 207 cm³/mol. The first-order valence-electron chi connectivity index (χ1n) is 17.0. The van der Waals surface area contributed by atoms with Gasteiger partial charge in [-0.05, 0) is 35.4 Å². The third kappa shape index (κ3) is 4.94. The summed E-state index contributed by atoms with van der Waals surface area (Å²) in [5, 5.41) is 5.33.